The second-order valence-corrected chi connectivity index (χ2v) is 12.4. The van der Waals surface area contributed by atoms with Gasteiger partial charge in [-0.1, -0.05) is 6.92 Å². The number of carbonyl (C=O) groups excluding carboxylic acids is 2. The molecule has 1 saturated heterocycles. The van der Waals surface area contributed by atoms with Gasteiger partial charge in [0.05, 0.1) is 23.2 Å². The van der Waals surface area contributed by atoms with Crippen LogP contribution in [0.4, 0.5) is 9.18 Å². The van der Waals surface area contributed by atoms with Gasteiger partial charge in [-0.3, -0.25) is 13.9 Å². The molecule has 0 saturated carbocycles. The summed E-state index contributed by atoms with van der Waals surface area (Å²) in [4.78, 5) is 33.7. The van der Waals surface area contributed by atoms with E-state index >= 15 is 0 Å². The molecule has 1 aromatic carbocycles. The summed E-state index contributed by atoms with van der Waals surface area (Å²) in [5.41, 5.74) is 1.79. The molecular weight excluding hydrogens is 577 g/mol. The van der Waals surface area contributed by atoms with Crippen molar-refractivity contribution < 1.29 is 31.9 Å². The SMILES string of the molecule is CCc1cc2c(C(=O)NC)c(-c3ccc(F)cc3)oc2nc1CN(CCCN1CCN(C(=O)OC(C)(C)C)CC1)S(=O)[O-]. The number of halogens is 1. The summed E-state index contributed by atoms with van der Waals surface area (Å²) in [5, 5.41) is 3.13. The minimum absolute atomic E-state index is 0.0452. The number of furan rings is 1. The summed E-state index contributed by atoms with van der Waals surface area (Å²) in [6.45, 7) is 10.9. The van der Waals surface area contributed by atoms with Crippen molar-refractivity contribution in [2.75, 3.05) is 46.3 Å². The summed E-state index contributed by atoms with van der Waals surface area (Å²) in [7, 11) is 1.51. The van der Waals surface area contributed by atoms with Crippen LogP contribution in [-0.2, 0) is 29.0 Å². The molecule has 0 aliphatic carbocycles. The average Bonchev–Trinajstić information content (AvgIpc) is 3.33. The Morgan fingerprint density at radius 1 is 1.19 bits per heavy atom. The Morgan fingerprint density at radius 3 is 2.44 bits per heavy atom. The van der Waals surface area contributed by atoms with Gasteiger partial charge >= 0.3 is 6.09 Å². The lowest BCUT2D eigenvalue weighted by Crippen LogP contribution is -2.50. The fourth-order valence-electron chi connectivity index (χ4n) is 5.02. The number of hydrogen-bond acceptors (Lipinski definition) is 8. The van der Waals surface area contributed by atoms with E-state index in [1.807, 2.05) is 33.8 Å². The Balaban J connectivity index is 1.46. The van der Waals surface area contributed by atoms with Gasteiger partial charge in [0, 0.05) is 56.6 Å². The molecule has 1 aliphatic heterocycles. The summed E-state index contributed by atoms with van der Waals surface area (Å²) in [5.74, 6) is -0.523. The molecule has 0 spiro atoms. The highest BCUT2D eigenvalue weighted by Gasteiger charge is 2.27. The summed E-state index contributed by atoms with van der Waals surface area (Å²) >= 11 is -2.49. The topological polar surface area (TPSA) is 131 Å². The third kappa shape index (κ3) is 8.17. The van der Waals surface area contributed by atoms with Crippen molar-refractivity contribution in [1.29, 1.82) is 0 Å². The van der Waals surface area contributed by atoms with E-state index in [0.717, 1.165) is 5.56 Å². The molecule has 1 unspecified atom stereocenters. The Morgan fingerprint density at radius 2 is 1.86 bits per heavy atom. The molecule has 1 atom stereocenters. The Kier molecular flexibility index (Phi) is 10.5. The quantitative estimate of drug-likeness (QED) is 0.337. The molecule has 1 N–H and O–H groups in total. The molecule has 0 radical (unpaired) electrons. The summed E-state index contributed by atoms with van der Waals surface area (Å²) < 4.78 is 50.8. The number of fused-ring (bicyclic) bond motifs is 1. The largest absolute Gasteiger partial charge is 0.760 e. The van der Waals surface area contributed by atoms with Gasteiger partial charge in [0.2, 0.25) is 5.71 Å². The molecule has 3 heterocycles. The molecule has 3 aromatic rings. The second-order valence-electron chi connectivity index (χ2n) is 11.4. The monoisotopic (exact) mass is 616 g/mol. The average molecular weight is 617 g/mol. The van der Waals surface area contributed by atoms with Gasteiger partial charge in [-0.25, -0.2) is 18.5 Å². The third-order valence-corrected chi connectivity index (χ3v) is 7.97. The van der Waals surface area contributed by atoms with Crippen molar-refractivity contribution in [3.8, 4) is 11.3 Å². The van der Waals surface area contributed by atoms with Gasteiger partial charge in [0.25, 0.3) is 5.91 Å². The zero-order valence-corrected chi connectivity index (χ0v) is 26.1. The minimum atomic E-state index is -2.49. The van der Waals surface area contributed by atoms with Gasteiger partial charge < -0.3 is 23.9 Å². The number of aryl methyl sites for hydroxylation is 1. The van der Waals surface area contributed by atoms with Crippen LogP contribution in [0.2, 0.25) is 0 Å². The summed E-state index contributed by atoms with van der Waals surface area (Å²) in [6, 6.07) is 7.44. The number of amides is 2. The Hall–Kier alpha value is -3.39. The first-order valence-corrected chi connectivity index (χ1v) is 15.4. The number of rotatable bonds is 10. The second kappa shape index (κ2) is 13.9. The third-order valence-electron chi connectivity index (χ3n) is 7.24. The van der Waals surface area contributed by atoms with E-state index < -0.39 is 22.7 Å². The van der Waals surface area contributed by atoms with Crippen LogP contribution >= 0.6 is 0 Å². The molecule has 1 fully saturated rings. The van der Waals surface area contributed by atoms with E-state index in [1.165, 1.54) is 35.6 Å². The number of carbonyl (C=O) groups is 2. The van der Waals surface area contributed by atoms with Crippen LogP contribution in [0, 0.1) is 5.82 Å². The number of hydrogen-bond donors (Lipinski definition) is 1. The lowest BCUT2D eigenvalue weighted by Gasteiger charge is -2.36. The molecule has 2 amide bonds. The Labute approximate surface area is 253 Å². The number of ether oxygens (including phenoxy) is 1. The van der Waals surface area contributed by atoms with Crippen molar-refractivity contribution in [2.24, 2.45) is 0 Å². The highest BCUT2D eigenvalue weighted by molar-refractivity contribution is 7.76. The zero-order valence-electron chi connectivity index (χ0n) is 25.3. The molecule has 0 bridgehead atoms. The highest BCUT2D eigenvalue weighted by Crippen LogP contribution is 2.34. The maximum atomic E-state index is 13.6. The molecule has 2 aromatic heterocycles. The zero-order chi connectivity index (χ0) is 31.3. The standard InChI is InChI=1S/C30H40FN5O6S/c1-6-20-18-23-25(27(37)32-5)26(21-8-10-22(31)11-9-21)41-28(23)33-24(20)19-36(43(39)40)13-7-12-34-14-16-35(17-15-34)29(38)42-30(2,3)4/h8-11,18H,6-7,12-17,19H2,1-5H3,(H,32,37)(H,39,40)/p-1. The van der Waals surface area contributed by atoms with Gasteiger partial charge in [0.1, 0.15) is 17.2 Å². The van der Waals surface area contributed by atoms with Crippen molar-refractivity contribution in [3.63, 3.8) is 0 Å². The van der Waals surface area contributed by atoms with Crippen LogP contribution in [0.3, 0.4) is 0 Å². The van der Waals surface area contributed by atoms with Crippen molar-refractivity contribution >= 4 is 34.4 Å². The predicted molar refractivity (Wildman–Crippen MR) is 160 cm³/mol. The van der Waals surface area contributed by atoms with Crippen molar-refractivity contribution in [2.45, 2.75) is 52.7 Å². The van der Waals surface area contributed by atoms with Crippen molar-refractivity contribution in [1.82, 2.24) is 24.4 Å². The number of piperazine rings is 1. The van der Waals surface area contributed by atoms with Crippen LogP contribution < -0.4 is 5.32 Å². The van der Waals surface area contributed by atoms with E-state index in [9.17, 15) is 22.7 Å². The van der Waals surface area contributed by atoms with Gasteiger partial charge in [-0.15, -0.1) is 0 Å². The summed E-state index contributed by atoms with van der Waals surface area (Å²) in [6.07, 6.45) is 0.838. The van der Waals surface area contributed by atoms with Crippen LogP contribution in [0.5, 0.6) is 0 Å². The maximum absolute atomic E-state index is 13.6. The first kappa shape index (κ1) is 32.5. The fourth-order valence-corrected chi connectivity index (χ4v) is 5.53. The number of benzene rings is 1. The normalized spacial score (nSPS) is 15.2. The minimum Gasteiger partial charge on any atom is -0.760 e. The van der Waals surface area contributed by atoms with E-state index in [2.05, 4.69) is 15.2 Å². The fraction of sp³-hybridized carbons (Fsp3) is 0.500. The number of aromatic nitrogens is 1. The molecule has 11 nitrogen and oxygen atoms in total. The lowest BCUT2D eigenvalue weighted by atomic mass is 10.0. The van der Waals surface area contributed by atoms with Crippen molar-refractivity contribution in [3.05, 3.63) is 53.0 Å². The van der Waals surface area contributed by atoms with E-state index in [0.29, 0.717) is 62.2 Å². The molecule has 1 aliphatic rings. The lowest BCUT2D eigenvalue weighted by molar-refractivity contribution is 0.0143. The van der Waals surface area contributed by atoms with Gasteiger partial charge in [0.15, 0.2) is 0 Å². The first-order valence-electron chi connectivity index (χ1n) is 14.4. The van der Waals surface area contributed by atoms with E-state index in [-0.39, 0.29) is 42.1 Å². The number of pyridine rings is 1. The smallest absolute Gasteiger partial charge is 0.410 e. The molecule has 43 heavy (non-hydrogen) atoms. The Bertz CT molecular complexity index is 1460. The maximum Gasteiger partial charge on any atom is 0.410 e. The predicted octanol–water partition coefficient (Wildman–Crippen LogP) is 4.09. The number of nitrogens with zero attached hydrogens (tertiary/aromatic N) is 4. The number of nitrogens with one attached hydrogen (secondary N) is 1. The van der Waals surface area contributed by atoms with Crippen LogP contribution in [-0.4, -0.2) is 91.8 Å². The molecular formula is C30H39FN5O6S-. The molecule has 234 valence electrons. The van der Waals surface area contributed by atoms with E-state index in [1.54, 1.807) is 4.90 Å². The van der Waals surface area contributed by atoms with Crippen LogP contribution in [0.15, 0.2) is 34.7 Å². The van der Waals surface area contributed by atoms with Crippen LogP contribution in [0.25, 0.3) is 22.4 Å². The highest BCUT2D eigenvalue weighted by atomic mass is 32.2. The van der Waals surface area contributed by atoms with Gasteiger partial charge in [-0.05, 0) is 76.1 Å². The van der Waals surface area contributed by atoms with Gasteiger partial charge in [-0.2, -0.15) is 0 Å². The molecule has 13 heteroatoms. The molecule has 4 rings (SSSR count). The first-order chi connectivity index (χ1) is 20.4. The van der Waals surface area contributed by atoms with Crippen LogP contribution in [0.1, 0.15) is 55.7 Å². The van der Waals surface area contributed by atoms with E-state index in [4.69, 9.17) is 9.15 Å².